The first-order valence-corrected chi connectivity index (χ1v) is 6.36. The van der Waals surface area contributed by atoms with E-state index in [0.29, 0.717) is 17.9 Å². The molecule has 112 valence electrons. The van der Waals surface area contributed by atoms with Gasteiger partial charge in [-0.05, 0) is 12.6 Å². The van der Waals surface area contributed by atoms with Gasteiger partial charge in [-0.2, -0.15) is 0 Å². The van der Waals surface area contributed by atoms with Gasteiger partial charge in [-0.1, -0.05) is 6.92 Å². The zero-order valence-electron chi connectivity index (χ0n) is 11.7. The molecule has 0 amide bonds. The number of hydrogen-bond acceptors (Lipinski definition) is 6. The van der Waals surface area contributed by atoms with Gasteiger partial charge in [-0.15, -0.1) is 0 Å². The van der Waals surface area contributed by atoms with E-state index >= 15 is 0 Å². The zero-order valence-corrected chi connectivity index (χ0v) is 11.7. The number of nitrogens with zero attached hydrogens (tertiary/aromatic N) is 1. The molecule has 0 spiro atoms. The van der Waals surface area contributed by atoms with Crippen LogP contribution in [0, 0.1) is 10.1 Å². The summed E-state index contributed by atoms with van der Waals surface area (Å²) in [6.07, 6.45) is -0.734. The van der Waals surface area contributed by atoms with Crippen molar-refractivity contribution in [3.05, 3.63) is 33.9 Å². The van der Waals surface area contributed by atoms with Gasteiger partial charge in [-0.25, -0.2) is 0 Å². The first-order chi connectivity index (χ1) is 9.58. The Kier molecular flexibility index (Phi) is 6.92. The SMILES string of the molecule is CCNCc1cc([N+](=O)[O-])ccc1OCC(O)COC. The van der Waals surface area contributed by atoms with Gasteiger partial charge in [0.2, 0.25) is 0 Å². The van der Waals surface area contributed by atoms with Crippen molar-refractivity contribution in [3.8, 4) is 5.75 Å². The molecular formula is C13H20N2O5. The number of aliphatic hydroxyl groups is 1. The van der Waals surface area contributed by atoms with Crippen LogP contribution in [0.2, 0.25) is 0 Å². The van der Waals surface area contributed by atoms with Crippen LogP contribution in [0.1, 0.15) is 12.5 Å². The smallest absolute Gasteiger partial charge is 0.270 e. The number of hydrogen-bond donors (Lipinski definition) is 2. The molecule has 7 heteroatoms. The van der Waals surface area contributed by atoms with E-state index in [2.05, 4.69) is 5.32 Å². The highest BCUT2D eigenvalue weighted by Crippen LogP contribution is 2.24. The van der Waals surface area contributed by atoms with Crippen molar-refractivity contribution in [1.29, 1.82) is 0 Å². The summed E-state index contributed by atoms with van der Waals surface area (Å²) in [5.41, 5.74) is 0.702. The van der Waals surface area contributed by atoms with E-state index in [1.165, 1.54) is 19.2 Å². The van der Waals surface area contributed by atoms with E-state index in [-0.39, 0.29) is 18.9 Å². The third-order valence-corrected chi connectivity index (χ3v) is 2.61. The fourth-order valence-electron chi connectivity index (χ4n) is 1.64. The summed E-state index contributed by atoms with van der Waals surface area (Å²) in [4.78, 5) is 10.3. The number of nitro groups is 1. The monoisotopic (exact) mass is 284 g/mol. The van der Waals surface area contributed by atoms with Gasteiger partial charge in [0.15, 0.2) is 0 Å². The molecule has 1 rings (SSSR count). The number of benzene rings is 1. The predicted octanol–water partition coefficient (Wildman–Crippen LogP) is 1.09. The average molecular weight is 284 g/mol. The van der Waals surface area contributed by atoms with Crippen molar-refractivity contribution in [2.24, 2.45) is 0 Å². The topological polar surface area (TPSA) is 93.9 Å². The summed E-state index contributed by atoms with van der Waals surface area (Å²) in [7, 11) is 1.49. The Morgan fingerprint density at radius 2 is 2.20 bits per heavy atom. The van der Waals surface area contributed by atoms with Gasteiger partial charge in [0.05, 0.1) is 11.5 Å². The minimum absolute atomic E-state index is 0.0164. The lowest BCUT2D eigenvalue weighted by Crippen LogP contribution is -2.23. The van der Waals surface area contributed by atoms with Crippen LogP contribution in [0.25, 0.3) is 0 Å². The quantitative estimate of drug-likeness (QED) is 0.521. The zero-order chi connectivity index (χ0) is 15.0. The summed E-state index contributed by atoms with van der Waals surface area (Å²) < 4.78 is 10.3. The van der Waals surface area contributed by atoms with E-state index in [4.69, 9.17) is 9.47 Å². The minimum atomic E-state index is -0.734. The Morgan fingerprint density at radius 3 is 2.80 bits per heavy atom. The molecule has 0 bridgehead atoms. The highest BCUT2D eigenvalue weighted by Gasteiger charge is 2.13. The highest BCUT2D eigenvalue weighted by molar-refractivity contribution is 5.43. The highest BCUT2D eigenvalue weighted by atomic mass is 16.6. The Hall–Kier alpha value is -1.70. The van der Waals surface area contributed by atoms with E-state index in [1.807, 2.05) is 6.92 Å². The Morgan fingerprint density at radius 1 is 1.45 bits per heavy atom. The minimum Gasteiger partial charge on any atom is -0.490 e. The molecule has 2 N–H and O–H groups in total. The first kappa shape index (κ1) is 16.4. The Labute approximate surface area is 117 Å². The lowest BCUT2D eigenvalue weighted by molar-refractivity contribution is -0.384. The summed E-state index contributed by atoms with van der Waals surface area (Å²) in [6, 6.07) is 4.40. The van der Waals surface area contributed by atoms with Crippen molar-refractivity contribution in [3.63, 3.8) is 0 Å². The number of rotatable bonds is 9. The number of aliphatic hydroxyl groups excluding tert-OH is 1. The second kappa shape index (κ2) is 8.47. The van der Waals surface area contributed by atoms with Crippen LogP contribution >= 0.6 is 0 Å². The van der Waals surface area contributed by atoms with Crippen molar-refractivity contribution in [1.82, 2.24) is 5.32 Å². The van der Waals surface area contributed by atoms with Gasteiger partial charge in [0.25, 0.3) is 5.69 Å². The summed E-state index contributed by atoms with van der Waals surface area (Å²) in [6.45, 7) is 3.41. The van der Waals surface area contributed by atoms with Crippen LogP contribution < -0.4 is 10.1 Å². The van der Waals surface area contributed by atoms with Gasteiger partial charge in [0.1, 0.15) is 18.5 Å². The fourth-order valence-corrected chi connectivity index (χ4v) is 1.64. The summed E-state index contributed by atoms with van der Waals surface area (Å²) >= 11 is 0. The van der Waals surface area contributed by atoms with Gasteiger partial charge in [-0.3, -0.25) is 10.1 Å². The third-order valence-electron chi connectivity index (χ3n) is 2.61. The fraction of sp³-hybridized carbons (Fsp3) is 0.538. The van der Waals surface area contributed by atoms with E-state index in [9.17, 15) is 15.2 Å². The molecule has 1 aromatic rings. The van der Waals surface area contributed by atoms with Crippen LogP contribution in [0.15, 0.2) is 18.2 Å². The molecule has 0 aliphatic rings. The van der Waals surface area contributed by atoms with Crippen molar-refractivity contribution < 1.29 is 19.5 Å². The number of ether oxygens (including phenoxy) is 2. The van der Waals surface area contributed by atoms with Gasteiger partial charge >= 0.3 is 0 Å². The predicted molar refractivity (Wildman–Crippen MR) is 73.9 cm³/mol. The maximum atomic E-state index is 10.8. The standard InChI is InChI=1S/C13H20N2O5/c1-3-14-7-10-6-11(15(17)18)4-5-13(10)20-9-12(16)8-19-2/h4-6,12,14,16H,3,7-9H2,1-2H3. The Balaban J connectivity index is 2.79. The molecule has 20 heavy (non-hydrogen) atoms. The maximum Gasteiger partial charge on any atom is 0.270 e. The van der Waals surface area contributed by atoms with Crippen LogP contribution in [-0.2, 0) is 11.3 Å². The first-order valence-electron chi connectivity index (χ1n) is 6.36. The molecule has 0 radical (unpaired) electrons. The van der Waals surface area contributed by atoms with E-state index in [0.717, 1.165) is 6.54 Å². The summed E-state index contributed by atoms with van der Waals surface area (Å²) in [5, 5.41) is 23.4. The molecule has 7 nitrogen and oxygen atoms in total. The lowest BCUT2D eigenvalue weighted by Gasteiger charge is -2.14. The van der Waals surface area contributed by atoms with Crippen LogP contribution in [-0.4, -0.2) is 43.0 Å². The van der Waals surface area contributed by atoms with Gasteiger partial charge < -0.3 is 19.9 Å². The molecule has 1 unspecified atom stereocenters. The number of nitro benzene ring substituents is 1. The molecule has 0 aliphatic carbocycles. The average Bonchev–Trinajstić information content (AvgIpc) is 2.43. The maximum absolute atomic E-state index is 10.8. The lowest BCUT2D eigenvalue weighted by atomic mass is 10.1. The molecule has 0 saturated carbocycles. The van der Waals surface area contributed by atoms with Crippen molar-refractivity contribution >= 4 is 5.69 Å². The number of non-ortho nitro benzene ring substituents is 1. The van der Waals surface area contributed by atoms with Crippen molar-refractivity contribution in [2.75, 3.05) is 26.9 Å². The molecule has 0 saturated heterocycles. The summed E-state index contributed by atoms with van der Waals surface area (Å²) in [5.74, 6) is 0.520. The molecule has 0 aliphatic heterocycles. The van der Waals surface area contributed by atoms with Crippen molar-refractivity contribution in [2.45, 2.75) is 19.6 Å². The molecule has 0 heterocycles. The molecule has 0 aromatic heterocycles. The third kappa shape index (κ3) is 5.12. The molecule has 0 fully saturated rings. The van der Waals surface area contributed by atoms with E-state index in [1.54, 1.807) is 6.07 Å². The van der Waals surface area contributed by atoms with E-state index < -0.39 is 11.0 Å². The van der Waals surface area contributed by atoms with Crippen LogP contribution in [0.3, 0.4) is 0 Å². The number of methoxy groups -OCH3 is 1. The van der Waals surface area contributed by atoms with Gasteiger partial charge in [0, 0.05) is 31.4 Å². The number of nitrogens with one attached hydrogen (secondary N) is 1. The van der Waals surface area contributed by atoms with Crippen LogP contribution in [0.4, 0.5) is 5.69 Å². The second-order valence-corrected chi connectivity index (χ2v) is 4.25. The van der Waals surface area contributed by atoms with Crippen LogP contribution in [0.5, 0.6) is 5.75 Å². The normalized spacial score (nSPS) is 12.2. The largest absolute Gasteiger partial charge is 0.490 e. The second-order valence-electron chi connectivity index (χ2n) is 4.25. The Bertz CT molecular complexity index is 439. The molecule has 1 aromatic carbocycles. The molecular weight excluding hydrogens is 264 g/mol. The molecule has 1 atom stereocenters.